The summed E-state index contributed by atoms with van der Waals surface area (Å²) in [6.07, 6.45) is 1.32. The molecule has 0 spiro atoms. The van der Waals surface area contributed by atoms with Gasteiger partial charge in [-0.1, -0.05) is 0 Å². The van der Waals surface area contributed by atoms with Gasteiger partial charge in [-0.05, 0) is 26.8 Å². The molecular weight excluding hydrogens is 262 g/mol. The number of hydrogen-bond donors (Lipinski definition) is 1. The van der Waals surface area contributed by atoms with Gasteiger partial charge in [0.25, 0.3) is 0 Å². The summed E-state index contributed by atoms with van der Waals surface area (Å²) in [5.41, 5.74) is -1.98. The first kappa shape index (κ1) is 14.7. The highest BCUT2D eigenvalue weighted by Crippen LogP contribution is 2.45. The van der Waals surface area contributed by atoms with Crippen molar-refractivity contribution in [3.05, 3.63) is 11.6 Å². The van der Waals surface area contributed by atoms with E-state index in [0.29, 0.717) is 18.6 Å². The molecule has 3 rings (SSSR count). The summed E-state index contributed by atoms with van der Waals surface area (Å²) in [4.78, 5) is 35.5. The zero-order chi connectivity index (χ0) is 15.1. The van der Waals surface area contributed by atoms with Crippen LogP contribution in [0.1, 0.15) is 34.1 Å². The van der Waals surface area contributed by atoms with Gasteiger partial charge in [-0.2, -0.15) is 0 Å². The molecule has 2 aliphatic heterocycles. The van der Waals surface area contributed by atoms with Gasteiger partial charge in [0.15, 0.2) is 11.3 Å². The number of esters is 1. The molecule has 6 heteroatoms. The van der Waals surface area contributed by atoms with Crippen LogP contribution in [-0.2, 0) is 23.9 Å². The van der Waals surface area contributed by atoms with E-state index < -0.39 is 23.2 Å². The standard InChI is InChI=1S/C14H19NO5/c1-5-19-11-7-13(4)10(8(2)16)6-14(11,12(18)20-13)15-9(3)17/h6,11H,5,7H2,1-4H3,(H,15,17)/t11-,13-,14+/m0/s1. The number of ketones is 1. The molecule has 0 radical (unpaired) electrons. The Morgan fingerprint density at radius 2 is 2.15 bits per heavy atom. The van der Waals surface area contributed by atoms with Gasteiger partial charge in [-0.15, -0.1) is 0 Å². The Hall–Kier alpha value is -1.69. The molecule has 0 aromatic rings. The molecule has 1 fully saturated rings. The SMILES string of the molecule is CCO[C@H]1C[C@]2(C)OC(=O)[C@@]1(NC(C)=O)C=C2C(C)=O. The Labute approximate surface area is 117 Å². The second-order valence-electron chi connectivity index (χ2n) is 5.43. The van der Waals surface area contributed by atoms with Crippen molar-refractivity contribution in [2.45, 2.75) is 51.4 Å². The van der Waals surface area contributed by atoms with Crippen molar-refractivity contribution < 1.29 is 23.9 Å². The predicted molar refractivity (Wildman–Crippen MR) is 69.8 cm³/mol. The summed E-state index contributed by atoms with van der Waals surface area (Å²) in [6.45, 7) is 6.64. The molecule has 0 saturated carbocycles. The molecule has 3 aliphatic rings. The van der Waals surface area contributed by atoms with E-state index in [2.05, 4.69) is 5.32 Å². The first-order valence-electron chi connectivity index (χ1n) is 6.63. The van der Waals surface area contributed by atoms with Crippen LogP contribution in [0.15, 0.2) is 11.6 Å². The lowest BCUT2D eigenvalue weighted by Gasteiger charge is -2.52. The monoisotopic (exact) mass is 281 g/mol. The third-order valence-electron chi connectivity index (χ3n) is 3.81. The molecule has 1 saturated heterocycles. The van der Waals surface area contributed by atoms with Crippen LogP contribution < -0.4 is 5.32 Å². The average Bonchev–Trinajstić information content (AvgIpc) is 2.30. The molecule has 20 heavy (non-hydrogen) atoms. The number of carbonyl (C=O) groups is 3. The molecule has 1 amide bonds. The van der Waals surface area contributed by atoms with E-state index in [1.807, 2.05) is 6.92 Å². The molecule has 0 aromatic heterocycles. The van der Waals surface area contributed by atoms with Gasteiger partial charge >= 0.3 is 5.97 Å². The molecule has 0 aromatic carbocycles. The quantitative estimate of drug-likeness (QED) is 0.759. The summed E-state index contributed by atoms with van der Waals surface area (Å²) in [5, 5.41) is 2.60. The van der Waals surface area contributed by atoms with Crippen LogP contribution in [0.3, 0.4) is 0 Å². The molecule has 110 valence electrons. The molecule has 1 aliphatic carbocycles. The maximum atomic E-state index is 12.3. The Morgan fingerprint density at radius 3 is 2.65 bits per heavy atom. The maximum absolute atomic E-state index is 12.3. The third-order valence-corrected chi connectivity index (χ3v) is 3.81. The highest BCUT2D eigenvalue weighted by molar-refractivity contribution is 6.02. The zero-order valence-corrected chi connectivity index (χ0v) is 12.1. The second-order valence-corrected chi connectivity index (χ2v) is 5.43. The fraction of sp³-hybridized carbons (Fsp3) is 0.643. The lowest BCUT2D eigenvalue weighted by molar-refractivity contribution is -0.192. The second kappa shape index (κ2) is 4.70. The minimum Gasteiger partial charge on any atom is -0.452 e. The van der Waals surface area contributed by atoms with Crippen LogP contribution in [0.5, 0.6) is 0 Å². The fourth-order valence-electron chi connectivity index (χ4n) is 3.00. The number of carbonyl (C=O) groups excluding carboxylic acids is 3. The van der Waals surface area contributed by atoms with E-state index >= 15 is 0 Å². The van der Waals surface area contributed by atoms with Crippen molar-refractivity contribution in [3.8, 4) is 0 Å². The molecule has 2 bridgehead atoms. The fourth-order valence-corrected chi connectivity index (χ4v) is 3.00. The highest BCUT2D eigenvalue weighted by Gasteiger charge is 2.62. The summed E-state index contributed by atoms with van der Waals surface area (Å²) >= 11 is 0. The first-order valence-corrected chi connectivity index (χ1v) is 6.63. The summed E-state index contributed by atoms with van der Waals surface area (Å²) < 4.78 is 11.0. The Bertz CT molecular complexity index is 512. The van der Waals surface area contributed by atoms with Gasteiger partial charge in [0, 0.05) is 25.5 Å². The van der Waals surface area contributed by atoms with Crippen molar-refractivity contribution in [2.75, 3.05) is 6.61 Å². The van der Waals surface area contributed by atoms with Crippen LogP contribution in [-0.4, -0.2) is 41.5 Å². The Kier molecular flexibility index (Phi) is 3.46. The van der Waals surface area contributed by atoms with Crippen LogP contribution in [0.4, 0.5) is 0 Å². The highest BCUT2D eigenvalue weighted by atomic mass is 16.6. The summed E-state index contributed by atoms with van der Waals surface area (Å²) in [6, 6.07) is 0. The zero-order valence-electron chi connectivity index (χ0n) is 12.1. The van der Waals surface area contributed by atoms with Crippen LogP contribution >= 0.6 is 0 Å². The number of ether oxygens (including phenoxy) is 2. The van der Waals surface area contributed by atoms with Gasteiger partial charge in [0.05, 0.1) is 6.10 Å². The van der Waals surface area contributed by atoms with Crippen molar-refractivity contribution in [1.82, 2.24) is 5.32 Å². The van der Waals surface area contributed by atoms with E-state index in [1.165, 1.54) is 19.9 Å². The number of hydrogen-bond acceptors (Lipinski definition) is 5. The van der Waals surface area contributed by atoms with Gasteiger partial charge in [0.2, 0.25) is 5.91 Å². The Balaban J connectivity index is 2.56. The first-order chi connectivity index (χ1) is 9.25. The lowest BCUT2D eigenvalue weighted by atomic mass is 9.69. The summed E-state index contributed by atoms with van der Waals surface area (Å²) in [5.74, 6) is -1.13. The van der Waals surface area contributed by atoms with E-state index in [9.17, 15) is 14.4 Å². The van der Waals surface area contributed by atoms with Crippen molar-refractivity contribution >= 4 is 17.7 Å². The van der Waals surface area contributed by atoms with Crippen molar-refractivity contribution in [1.29, 1.82) is 0 Å². The van der Waals surface area contributed by atoms with E-state index in [-0.39, 0.29) is 11.7 Å². The van der Waals surface area contributed by atoms with Gasteiger partial charge < -0.3 is 14.8 Å². The number of fused-ring (bicyclic) bond motifs is 2. The van der Waals surface area contributed by atoms with Crippen molar-refractivity contribution in [2.24, 2.45) is 0 Å². The number of amides is 1. The van der Waals surface area contributed by atoms with Crippen LogP contribution in [0, 0.1) is 0 Å². The lowest BCUT2D eigenvalue weighted by Crippen LogP contribution is -2.71. The third kappa shape index (κ3) is 2.04. The predicted octanol–water partition coefficient (Wildman–Crippen LogP) is 0.501. The van der Waals surface area contributed by atoms with E-state index in [4.69, 9.17) is 9.47 Å². The van der Waals surface area contributed by atoms with Crippen molar-refractivity contribution in [3.63, 3.8) is 0 Å². The van der Waals surface area contributed by atoms with Crippen LogP contribution in [0.25, 0.3) is 0 Å². The molecule has 6 nitrogen and oxygen atoms in total. The Morgan fingerprint density at radius 1 is 1.50 bits per heavy atom. The van der Waals surface area contributed by atoms with E-state index in [0.717, 1.165) is 0 Å². The molecule has 1 N–H and O–H groups in total. The van der Waals surface area contributed by atoms with Gasteiger partial charge in [-0.25, -0.2) is 4.79 Å². The number of rotatable bonds is 4. The maximum Gasteiger partial charge on any atom is 0.339 e. The summed E-state index contributed by atoms with van der Waals surface area (Å²) in [7, 11) is 0. The number of Topliss-reactive ketones (excluding diaryl/α,β-unsaturated/α-hetero) is 1. The smallest absolute Gasteiger partial charge is 0.339 e. The average molecular weight is 281 g/mol. The minimum absolute atomic E-state index is 0.176. The van der Waals surface area contributed by atoms with Gasteiger partial charge in [-0.3, -0.25) is 9.59 Å². The van der Waals surface area contributed by atoms with E-state index in [1.54, 1.807) is 6.92 Å². The van der Waals surface area contributed by atoms with Crippen LogP contribution in [0.2, 0.25) is 0 Å². The topological polar surface area (TPSA) is 81.7 Å². The van der Waals surface area contributed by atoms with Gasteiger partial charge in [0.1, 0.15) is 5.60 Å². The molecule has 2 heterocycles. The normalized spacial score (nSPS) is 35.3. The molecular formula is C14H19NO5. The largest absolute Gasteiger partial charge is 0.452 e. The number of nitrogens with one attached hydrogen (secondary N) is 1. The molecule has 0 unspecified atom stereocenters. The minimum atomic E-state index is -1.40. The molecule has 3 atom stereocenters.